The van der Waals surface area contributed by atoms with Crippen molar-refractivity contribution >= 4 is 19.4 Å². The third-order valence-electron chi connectivity index (χ3n) is 3.22. The van der Waals surface area contributed by atoms with Crippen molar-refractivity contribution in [1.82, 2.24) is 4.90 Å². The van der Waals surface area contributed by atoms with Crippen LogP contribution >= 0.6 is 0 Å². The van der Waals surface area contributed by atoms with Crippen molar-refractivity contribution in [2.24, 2.45) is 0 Å². The SMILES string of the molecule is CCN(CC)C(=O)Oc1c(OC)cccc1[Si](C)(C)C. The van der Waals surface area contributed by atoms with Crippen LogP contribution in [0.2, 0.25) is 19.6 Å². The first kappa shape index (κ1) is 16.6. The Hall–Kier alpha value is -1.49. The number of methoxy groups -OCH3 is 1. The Kier molecular flexibility index (Phi) is 5.62. The number of carbonyl (C=O) groups excluding carboxylic acids is 1. The van der Waals surface area contributed by atoms with Gasteiger partial charge in [0.1, 0.15) is 0 Å². The van der Waals surface area contributed by atoms with E-state index in [1.807, 2.05) is 32.0 Å². The summed E-state index contributed by atoms with van der Waals surface area (Å²) < 4.78 is 11.0. The second kappa shape index (κ2) is 6.79. The summed E-state index contributed by atoms with van der Waals surface area (Å²) >= 11 is 0. The van der Waals surface area contributed by atoms with E-state index in [-0.39, 0.29) is 6.09 Å². The molecule has 0 N–H and O–H groups in total. The van der Waals surface area contributed by atoms with Gasteiger partial charge in [0.05, 0.1) is 15.2 Å². The average molecular weight is 295 g/mol. The monoisotopic (exact) mass is 295 g/mol. The molecule has 0 aliphatic heterocycles. The zero-order valence-electron chi connectivity index (χ0n) is 13.3. The Bertz CT molecular complexity index is 465. The molecule has 1 aromatic carbocycles. The van der Waals surface area contributed by atoms with E-state index in [4.69, 9.17) is 9.47 Å². The number of nitrogens with zero attached hydrogens (tertiary/aromatic N) is 1. The molecule has 5 heteroatoms. The highest BCUT2D eigenvalue weighted by Crippen LogP contribution is 2.27. The second-order valence-corrected chi connectivity index (χ2v) is 10.7. The Balaban J connectivity index is 3.18. The smallest absolute Gasteiger partial charge is 0.415 e. The molecule has 0 bridgehead atoms. The van der Waals surface area contributed by atoms with E-state index in [2.05, 4.69) is 19.6 Å². The lowest BCUT2D eigenvalue weighted by atomic mass is 10.3. The maximum atomic E-state index is 12.2. The van der Waals surface area contributed by atoms with Gasteiger partial charge in [-0.25, -0.2) is 4.79 Å². The molecule has 0 aromatic heterocycles. The van der Waals surface area contributed by atoms with Gasteiger partial charge in [-0.05, 0) is 25.1 Å². The van der Waals surface area contributed by atoms with Crippen LogP contribution in [0.5, 0.6) is 11.5 Å². The molecule has 0 saturated heterocycles. The van der Waals surface area contributed by atoms with Crippen LogP contribution in [-0.2, 0) is 0 Å². The predicted molar refractivity (Wildman–Crippen MR) is 84.9 cm³/mol. The third-order valence-corrected chi connectivity index (χ3v) is 5.23. The summed E-state index contributed by atoms with van der Waals surface area (Å²) in [5, 5.41) is 1.09. The number of amides is 1. The van der Waals surface area contributed by atoms with Gasteiger partial charge >= 0.3 is 6.09 Å². The fraction of sp³-hybridized carbons (Fsp3) is 0.533. The van der Waals surface area contributed by atoms with E-state index < -0.39 is 8.07 Å². The molecule has 112 valence electrons. The number of rotatable bonds is 5. The summed E-state index contributed by atoms with van der Waals surface area (Å²) in [7, 11) is -0.0280. The normalized spacial score (nSPS) is 11.1. The number of benzene rings is 1. The summed E-state index contributed by atoms with van der Waals surface area (Å²) in [5.41, 5.74) is 0. The zero-order chi connectivity index (χ0) is 15.3. The quantitative estimate of drug-likeness (QED) is 0.784. The van der Waals surface area contributed by atoms with Crippen LogP contribution in [0, 0.1) is 0 Å². The largest absolute Gasteiger partial charge is 0.493 e. The van der Waals surface area contributed by atoms with Gasteiger partial charge in [-0.2, -0.15) is 0 Å². The van der Waals surface area contributed by atoms with Crippen LogP contribution in [0.15, 0.2) is 18.2 Å². The highest BCUT2D eigenvalue weighted by atomic mass is 28.3. The molecule has 1 amide bonds. The lowest BCUT2D eigenvalue weighted by Gasteiger charge is -2.24. The van der Waals surface area contributed by atoms with Crippen LogP contribution in [0.4, 0.5) is 4.79 Å². The molecule has 0 unspecified atom stereocenters. The van der Waals surface area contributed by atoms with Crippen molar-refractivity contribution in [3.63, 3.8) is 0 Å². The maximum Gasteiger partial charge on any atom is 0.415 e. The Labute approximate surface area is 122 Å². The topological polar surface area (TPSA) is 38.8 Å². The molecule has 0 fully saturated rings. The lowest BCUT2D eigenvalue weighted by Crippen LogP contribution is -2.41. The Morgan fingerprint density at radius 3 is 2.25 bits per heavy atom. The minimum Gasteiger partial charge on any atom is -0.493 e. The van der Waals surface area contributed by atoms with Crippen molar-refractivity contribution in [2.75, 3.05) is 20.2 Å². The molecule has 4 nitrogen and oxygen atoms in total. The Morgan fingerprint density at radius 1 is 1.20 bits per heavy atom. The summed E-state index contributed by atoms with van der Waals surface area (Å²) in [5.74, 6) is 1.19. The average Bonchev–Trinajstić information content (AvgIpc) is 2.39. The number of hydrogen-bond acceptors (Lipinski definition) is 3. The van der Waals surface area contributed by atoms with Crippen molar-refractivity contribution in [1.29, 1.82) is 0 Å². The Morgan fingerprint density at radius 2 is 1.80 bits per heavy atom. The highest BCUT2D eigenvalue weighted by Gasteiger charge is 2.26. The van der Waals surface area contributed by atoms with Gasteiger partial charge in [-0.3, -0.25) is 0 Å². The minimum atomic E-state index is -1.62. The summed E-state index contributed by atoms with van der Waals surface area (Å²) in [4.78, 5) is 13.8. The van der Waals surface area contributed by atoms with Crippen molar-refractivity contribution in [3.8, 4) is 11.5 Å². The van der Waals surface area contributed by atoms with E-state index in [1.54, 1.807) is 12.0 Å². The molecule has 0 heterocycles. The first-order chi connectivity index (χ1) is 9.35. The number of hydrogen-bond donors (Lipinski definition) is 0. The van der Waals surface area contributed by atoms with Crippen LogP contribution in [0.3, 0.4) is 0 Å². The first-order valence-electron chi connectivity index (χ1n) is 6.99. The van der Waals surface area contributed by atoms with E-state index in [0.717, 1.165) is 5.19 Å². The molecule has 1 aromatic rings. The first-order valence-corrected chi connectivity index (χ1v) is 10.5. The fourth-order valence-electron chi connectivity index (χ4n) is 2.01. The van der Waals surface area contributed by atoms with E-state index in [0.29, 0.717) is 24.6 Å². The zero-order valence-corrected chi connectivity index (χ0v) is 14.3. The van der Waals surface area contributed by atoms with Gasteiger partial charge in [-0.1, -0.05) is 31.8 Å². The second-order valence-electron chi connectivity index (χ2n) is 5.63. The number of ether oxygens (including phenoxy) is 2. The summed E-state index contributed by atoms with van der Waals surface area (Å²) in [6, 6.07) is 5.80. The van der Waals surface area contributed by atoms with Crippen LogP contribution in [-0.4, -0.2) is 39.3 Å². The van der Waals surface area contributed by atoms with Crippen molar-refractivity contribution < 1.29 is 14.3 Å². The standard InChI is InChI=1S/C15H25NO3Si/c1-7-16(8-2)15(17)19-14-12(18-3)10-9-11-13(14)20(4,5)6/h9-11H,7-8H2,1-6H3. The van der Waals surface area contributed by atoms with E-state index in [9.17, 15) is 4.79 Å². The predicted octanol–water partition coefficient (Wildman–Crippen LogP) is 3.08. The van der Waals surface area contributed by atoms with Gasteiger partial charge in [0.25, 0.3) is 0 Å². The molecule has 20 heavy (non-hydrogen) atoms. The van der Waals surface area contributed by atoms with Gasteiger partial charge in [0.15, 0.2) is 11.5 Å². The molecule has 0 aliphatic rings. The maximum absolute atomic E-state index is 12.2. The molecule has 0 atom stereocenters. The molecule has 0 spiro atoms. The molecule has 0 aliphatic carbocycles. The van der Waals surface area contributed by atoms with Gasteiger partial charge in [0.2, 0.25) is 0 Å². The number of para-hydroxylation sites is 1. The van der Waals surface area contributed by atoms with E-state index >= 15 is 0 Å². The molecule has 0 saturated carbocycles. The fourth-order valence-corrected chi connectivity index (χ4v) is 3.46. The van der Waals surface area contributed by atoms with Crippen LogP contribution < -0.4 is 14.7 Å². The van der Waals surface area contributed by atoms with Gasteiger partial charge in [-0.15, -0.1) is 0 Å². The van der Waals surface area contributed by atoms with E-state index in [1.165, 1.54) is 0 Å². The van der Waals surface area contributed by atoms with Crippen LogP contribution in [0.1, 0.15) is 13.8 Å². The number of carbonyl (C=O) groups is 1. The molecule has 1 rings (SSSR count). The summed E-state index contributed by atoms with van der Waals surface area (Å²) in [6.45, 7) is 11.8. The van der Waals surface area contributed by atoms with Gasteiger partial charge in [0, 0.05) is 13.1 Å². The summed E-state index contributed by atoms with van der Waals surface area (Å²) in [6.07, 6.45) is -0.320. The van der Waals surface area contributed by atoms with Gasteiger partial charge < -0.3 is 14.4 Å². The lowest BCUT2D eigenvalue weighted by molar-refractivity contribution is 0.156. The molecule has 0 radical (unpaired) electrons. The minimum absolute atomic E-state index is 0.320. The third kappa shape index (κ3) is 3.76. The highest BCUT2D eigenvalue weighted by molar-refractivity contribution is 6.89. The van der Waals surface area contributed by atoms with Crippen molar-refractivity contribution in [2.45, 2.75) is 33.5 Å². The molecular formula is C15H25NO3Si. The van der Waals surface area contributed by atoms with Crippen molar-refractivity contribution in [3.05, 3.63) is 18.2 Å². The van der Waals surface area contributed by atoms with Crippen LogP contribution in [0.25, 0.3) is 0 Å². The molecular weight excluding hydrogens is 270 g/mol.